The first-order valence-corrected chi connectivity index (χ1v) is 11.9. The van der Waals surface area contributed by atoms with Crippen molar-refractivity contribution in [2.24, 2.45) is 4.99 Å². The number of rotatable bonds is 9. The van der Waals surface area contributed by atoms with E-state index >= 15 is 0 Å². The van der Waals surface area contributed by atoms with Crippen LogP contribution in [0.5, 0.6) is 5.75 Å². The smallest absolute Gasteiger partial charge is 0.237 e. The maximum atomic E-state index is 12.8. The highest BCUT2D eigenvalue weighted by Gasteiger charge is 2.28. The molecule has 0 aliphatic carbocycles. The van der Waals surface area contributed by atoms with Crippen LogP contribution in [0.1, 0.15) is 18.1 Å². The highest BCUT2D eigenvalue weighted by molar-refractivity contribution is 7.92. The quantitative estimate of drug-likeness (QED) is 0.471. The lowest BCUT2D eigenvalue weighted by molar-refractivity contribution is 0.409. The minimum absolute atomic E-state index is 0.0234. The van der Waals surface area contributed by atoms with Gasteiger partial charge in [-0.05, 0) is 43.0 Å². The molecule has 1 aliphatic heterocycles. The summed E-state index contributed by atoms with van der Waals surface area (Å²) in [5.74, 6) is 1.45. The number of anilines is 1. The van der Waals surface area contributed by atoms with Gasteiger partial charge in [-0.25, -0.2) is 8.42 Å². The minimum Gasteiger partial charge on any atom is -0.496 e. The molecule has 0 atom stereocenters. The Balaban J connectivity index is 1.55. The SMILES string of the molecule is CCNC(=NCCS(=O)(=O)N1CCc2ccccc21)NCCc1ccccc1OC. The lowest BCUT2D eigenvalue weighted by Crippen LogP contribution is -2.39. The summed E-state index contributed by atoms with van der Waals surface area (Å²) in [6, 6.07) is 15.6. The summed E-state index contributed by atoms with van der Waals surface area (Å²) in [5.41, 5.74) is 2.98. The van der Waals surface area contributed by atoms with Crippen molar-refractivity contribution >= 4 is 21.7 Å². The summed E-state index contributed by atoms with van der Waals surface area (Å²) < 4.78 is 32.5. The third kappa shape index (κ3) is 5.44. The highest BCUT2D eigenvalue weighted by atomic mass is 32.2. The molecule has 0 saturated heterocycles. The van der Waals surface area contributed by atoms with E-state index in [2.05, 4.69) is 15.6 Å². The van der Waals surface area contributed by atoms with E-state index in [0.717, 1.165) is 35.4 Å². The second-order valence-electron chi connectivity index (χ2n) is 7.02. The fraction of sp³-hybridized carbons (Fsp3) is 0.409. The largest absolute Gasteiger partial charge is 0.496 e. The third-order valence-corrected chi connectivity index (χ3v) is 6.77. The Morgan fingerprint density at radius 2 is 1.90 bits per heavy atom. The summed E-state index contributed by atoms with van der Waals surface area (Å²) >= 11 is 0. The number of sulfonamides is 1. The number of benzene rings is 2. The van der Waals surface area contributed by atoms with Crippen LogP contribution in [-0.4, -0.2) is 53.4 Å². The molecule has 162 valence electrons. The molecular weight excluding hydrogens is 400 g/mol. The van der Waals surface area contributed by atoms with Crippen LogP contribution in [0.25, 0.3) is 0 Å². The first kappa shape index (κ1) is 22.0. The van der Waals surface area contributed by atoms with E-state index in [0.29, 0.717) is 25.6 Å². The van der Waals surface area contributed by atoms with Crippen LogP contribution in [0.15, 0.2) is 53.5 Å². The zero-order chi connectivity index (χ0) is 21.4. The van der Waals surface area contributed by atoms with Gasteiger partial charge in [0.1, 0.15) is 5.75 Å². The predicted molar refractivity (Wildman–Crippen MR) is 122 cm³/mol. The van der Waals surface area contributed by atoms with Crippen LogP contribution in [0.4, 0.5) is 5.69 Å². The fourth-order valence-electron chi connectivity index (χ4n) is 3.55. The van der Waals surface area contributed by atoms with E-state index in [1.165, 1.54) is 4.31 Å². The zero-order valence-electron chi connectivity index (χ0n) is 17.6. The third-order valence-electron chi connectivity index (χ3n) is 5.02. The monoisotopic (exact) mass is 430 g/mol. The molecule has 30 heavy (non-hydrogen) atoms. The van der Waals surface area contributed by atoms with Crippen molar-refractivity contribution in [1.82, 2.24) is 10.6 Å². The van der Waals surface area contributed by atoms with E-state index in [9.17, 15) is 8.42 Å². The summed E-state index contributed by atoms with van der Waals surface area (Å²) in [5, 5.41) is 6.43. The van der Waals surface area contributed by atoms with Crippen LogP contribution in [0, 0.1) is 0 Å². The molecule has 1 heterocycles. The summed E-state index contributed by atoms with van der Waals surface area (Å²) in [4.78, 5) is 4.46. The normalized spacial score (nSPS) is 13.8. The Hall–Kier alpha value is -2.74. The number of para-hydroxylation sites is 2. The Morgan fingerprint density at radius 1 is 1.13 bits per heavy atom. The fourth-order valence-corrected chi connectivity index (χ4v) is 4.94. The molecule has 0 aromatic heterocycles. The van der Waals surface area contributed by atoms with E-state index in [-0.39, 0.29) is 12.3 Å². The number of aliphatic imine (C=N–C) groups is 1. The Morgan fingerprint density at radius 3 is 2.70 bits per heavy atom. The molecule has 1 aliphatic rings. The number of nitrogens with zero attached hydrogens (tertiary/aromatic N) is 2. The zero-order valence-corrected chi connectivity index (χ0v) is 18.4. The predicted octanol–water partition coefficient (Wildman–Crippen LogP) is 2.19. The standard InChI is InChI=1S/C22H30N4O3S/c1-3-23-22(24-14-12-19-9-5-7-11-21(19)29-2)25-15-17-30(27,28)26-16-13-18-8-4-6-10-20(18)26/h4-11H,3,12-17H2,1-2H3,(H2,23,24,25). The van der Waals surface area contributed by atoms with Gasteiger partial charge in [-0.2, -0.15) is 0 Å². The average molecular weight is 431 g/mol. The number of nitrogens with one attached hydrogen (secondary N) is 2. The van der Waals surface area contributed by atoms with Gasteiger partial charge < -0.3 is 15.4 Å². The Labute approximate surface area is 179 Å². The Kier molecular flexibility index (Phi) is 7.57. The number of ether oxygens (including phenoxy) is 1. The molecule has 2 aromatic rings. The van der Waals surface area contributed by atoms with E-state index in [1.54, 1.807) is 7.11 Å². The molecule has 0 radical (unpaired) electrons. The van der Waals surface area contributed by atoms with Crippen molar-refractivity contribution in [2.45, 2.75) is 19.8 Å². The van der Waals surface area contributed by atoms with Crippen molar-refractivity contribution in [3.8, 4) is 5.75 Å². The molecule has 3 rings (SSSR count). The van der Waals surface area contributed by atoms with Crippen molar-refractivity contribution in [3.63, 3.8) is 0 Å². The molecule has 0 bridgehead atoms. The van der Waals surface area contributed by atoms with Crippen LogP contribution < -0.4 is 19.7 Å². The topological polar surface area (TPSA) is 83.0 Å². The van der Waals surface area contributed by atoms with Crippen LogP contribution >= 0.6 is 0 Å². The van der Waals surface area contributed by atoms with Gasteiger partial charge in [-0.3, -0.25) is 9.30 Å². The van der Waals surface area contributed by atoms with Gasteiger partial charge in [-0.1, -0.05) is 36.4 Å². The second-order valence-corrected chi connectivity index (χ2v) is 9.03. The number of hydrogen-bond acceptors (Lipinski definition) is 4. The maximum absolute atomic E-state index is 12.8. The summed E-state index contributed by atoms with van der Waals surface area (Å²) in [7, 11) is -1.74. The van der Waals surface area contributed by atoms with E-state index < -0.39 is 10.0 Å². The van der Waals surface area contributed by atoms with E-state index in [1.807, 2.05) is 55.5 Å². The molecule has 0 fully saturated rings. The summed E-state index contributed by atoms with van der Waals surface area (Å²) in [6.45, 7) is 4.05. The molecule has 8 heteroatoms. The highest BCUT2D eigenvalue weighted by Crippen LogP contribution is 2.29. The van der Waals surface area contributed by atoms with Crippen LogP contribution in [0.3, 0.4) is 0 Å². The second kappa shape index (κ2) is 10.3. The molecule has 0 amide bonds. The molecule has 0 saturated carbocycles. The lowest BCUT2D eigenvalue weighted by atomic mass is 10.1. The molecule has 7 nitrogen and oxygen atoms in total. The van der Waals surface area contributed by atoms with Crippen molar-refractivity contribution < 1.29 is 13.2 Å². The van der Waals surface area contributed by atoms with Gasteiger partial charge in [0.25, 0.3) is 0 Å². The molecule has 2 aromatic carbocycles. The van der Waals surface area contributed by atoms with Gasteiger partial charge in [0, 0.05) is 19.6 Å². The van der Waals surface area contributed by atoms with Gasteiger partial charge in [-0.15, -0.1) is 0 Å². The Bertz CT molecular complexity index is 976. The number of hydrogen-bond donors (Lipinski definition) is 2. The van der Waals surface area contributed by atoms with Gasteiger partial charge in [0.05, 0.1) is 25.1 Å². The van der Waals surface area contributed by atoms with E-state index in [4.69, 9.17) is 4.74 Å². The number of fused-ring (bicyclic) bond motifs is 1. The van der Waals surface area contributed by atoms with Crippen LogP contribution in [-0.2, 0) is 22.9 Å². The number of guanidine groups is 1. The molecular formula is C22H30N4O3S. The van der Waals surface area contributed by atoms with Crippen molar-refractivity contribution in [1.29, 1.82) is 0 Å². The van der Waals surface area contributed by atoms with Crippen LogP contribution in [0.2, 0.25) is 0 Å². The summed E-state index contributed by atoms with van der Waals surface area (Å²) in [6.07, 6.45) is 1.53. The molecule has 2 N–H and O–H groups in total. The molecule has 0 spiro atoms. The van der Waals surface area contributed by atoms with Gasteiger partial charge in [0.15, 0.2) is 5.96 Å². The van der Waals surface area contributed by atoms with Gasteiger partial charge in [0.2, 0.25) is 10.0 Å². The maximum Gasteiger partial charge on any atom is 0.237 e. The first-order chi connectivity index (χ1) is 14.5. The number of methoxy groups -OCH3 is 1. The first-order valence-electron chi connectivity index (χ1n) is 10.3. The average Bonchev–Trinajstić information content (AvgIpc) is 3.19. The van der Waals surface area contributed by atoms with Crippen molar-refractivity contribution in [2.75, 3.05) is 43.3 Å². The lowest BCUT2D eigenvalue weighted by Gasteiger charge is -2.19. The minimum atomic E-state index is -3.40. The van der Waals surface area contributed by atoms with Gasteiger partial charge >= 0.3 is 0 Å². The van der Waals surface area contributed by atoms with Crippen molar-refractivity contribution in [3.05, 3.63) is 59.7 Å². The molecule has 0 unspecified atom stereocenters.